The number of hydroxylamine groups is 2. The molecule has 39 heavy (non-hydrogen) atoms. The number of hydrogen-bond donors (Lipinski definition) is 0. The number of pyridine rings is 1. The third-order valence-corrected chi connectivity index (χ3v) is 8.55. The van der Waals surface area contributed by atoms with Crippen LogP contribution in [0.15, 0.2) is 64.5 Å². The maximum atomic E-state index is 13.1. The number of halogens is 3. The minimum Gasteiger partial charge on any atom is -0.427 e. The van der Waals surface area contributed by atoms with Crippen LogP contribution >= 0.6 is 0 Å². The highest BCUT2D eigenvalue weighted by Gasteiger charge is 2.42. The van der Waals surface area contributed by atoms with E-state index in [0.717, 1.165) is 23.9 Å². The van der Waals surface area contributed by atoms with Gasteiger partial charge < -0.3 is 14.5 Å². The van der Waals surface area contributed by atoms with E-state index in [0.29, 0.717) is 43.1 Å². The molecule has 0 N–H and O–H groups in total. The summed E-state index contributed by atoms with van der Waals surface area (Å²) in [6, 6.07) is 10.6. The van der Waals surface area contributed by atoms with E-state index in [1.807, 2.05) is 6.07 Å². The number of carbonyl (C=O) groups excluding carboxylic acids is 1. The number of rotatable bonds is 4. The second-order valence-corrected chi connectivity index (χ2v) is 12.8. The van der Waals surface area contributed by atoms with Gasteiger partial charge in [0.25, 0.3) is 0 Å². The predicted octanol–water partition coefficient (Wildman–Crippen LogP) is 5.32. The van der Waals surface area contributed by atoms with E-state index < -0.39 is 38.2 Å². The summed E-state index contributed by atoms with van der Waals surface area (Å²) in [6.07, 6.45) is -4.20. The molecular weight excluding hydrogens is 535 g/mol. The van der Waals surface area contributed by atoms with Crippen LogP contribution in [0, 0.1) is 11.8 Å². The molecule has 2 aromatic carbocycles. The molecule has 0 bridgehead atoms. The molecule has 2 aliphatic heterocycles. The number of para-hydroxylation sites is 1. The fraction of sp³-hybridized carbons (Fsp3) is 0.407. The lowest BCUT2D eigenvalue weighted by Crippen LogP contribution is -2.33. The van der Waals surface area contributed by atoms with E-state index in [4.69, 9.17) is 9.57 Å². The van der Waals surface area contributed by atoms with Crippen molar-refractivity contribution in [3.63, 3.8) is 0 Å². The molecular formula is C27H28F3N3O5S. The minimum absolute atomic E-state index is 0.181. The normalized spacial score (nSPS) is 20.3. The molecule has 1 aromatic heterocycles. The first-order chi connectivity index (χ1) is 18.2. The number of ether oxygens (including phenoxy) is 1. The van der Waals surface area contributed by atoms with Crippen molar-refractivity contribution in [3.05, 3.63) is 60.3 Å². The molecule has 0 radical (unpaired) electrons. The number of anilines is 1. The van der Waals surface area contributed by atoms with Crippen molar-refractivity contribution in [2.45, 2.75) is 42.3 Å². The number of aromatic nitrogens is 1. The number of alkyl halides is 3. The van der Waals surface area contributed by atoms with Crippen molar-refractivity contribution in [2.75, 3.05) is 31.1 Å². The van der Waals surface area contributed by atoms with Gasteiger partial charge in [0.2, 0.25) is 9.84 Å². The van der Waals surface area contributed by atoms with Crippen molar-refractivity contribution >= 4 is 32.6 Å². The number of hydrogen-bond acceptors (Lipinski definition) is 8. The van der Waals surface area contributed by atoms with Gasteiger partial charge in [0.1, 0.15) is 5.60 Å². The Morgan fingerprint density at radius 1 is 0.949 bits per heavy atom. The van der Waals surface area contributed by atoms with Crippen molar-refractivity contribution in [3.8, 4) is 0 Å². The van der Waals surface area contributed by atoms with Gasteiger partial charge >= 0.3 is 12.3 Å². The Balaban J connectivity index is 1.33. The monoisotopic (exact) mass is 563 g/mol. The topological polar surface area (TPSA) is 89.0 Å². The Hall–Kier alpha value is -3.38. The standard InChI is InChI=1S/C27H28F3N3O5S/c1-26(2,3)37-25(34)38-33-15-18-13-32(14-19(18)16-33)23-9-4-6-17-10-22(12-31-24(17)23)39(35,36)21-8-5-7-20(11-21)27(28,29)30/h4-12,18-19H,13-16H2,1-3H3. The van der Waals surface area contributed by atoms with E-state index in [1.54, 1.807) is 38.0 Å². The number of carbonyl (C=O) groups is 1. The summed E-state index contributed by atoms with van der Waals surface area (Å²) in [5.41, 5.74) is -0.238. The molecule has 2 fully saturated rings. The summed E-state index contributed by atoms with van der Waals surface area (Å²) in [5.74, 6) is 0.506. The highest BCUT2D eigenvalue weighted by molar-refractivity contribution is 7.91. The summed E-state index contributed by atoms with van der Waals surface area (Å²) in [5, 5.41) is 2.19. The van der Waals surface area contributed by atoms with Crippen LogP contribution in [0.2, 0.25) is 0 Å². The fourth-order valence-electron chi connectivity index (χ4n) is 5.10. The van der Waals surface area contributed by atoms with E-state index in [9.17, 15) is 26.4 Å². The largest absolute Gasteiger partial charge is 0.528 e. The SMILES string of the molecule is CC(C)(C)OC(=O)ON1CC2CN(c3cccc4cc(S(=O)(=O)c5cccc(C(F)(F)F)c5)cnc34)CC2C1. The molecule has 8 nitrogen and oxygen atoms in total. The van der Waals surface area contributed by atoms with Crippen molar-refractivity contribution < 1.29 is 36.0 Å². The van der Waals surface area contributed by atoms with Gasteiger partial charge in [-0.3, -0.25) is 4.98 Å². The Morgan fingerprint density at radius 3 is 2.26 bits per heavy atom. The maximum Gasteiger partial charge on any atom is 0.528 e. The smallest absolute Gasteiger partial charge is 0.427 e. The maximum absolute atomic E-state index is 13.1. The van der Waals surface area contributed by atoms with Crippen LogP contribution in [0.1, 0.15) is 26.3 Å². The first-order valence-electron chi connectivity index (χ1n) is 12.4. The molecule has 0 aliphatic carbocycles. The van der Waals surface area contributed by atoms with Gasteiger partial charge in [0, 0.05) is 37.8 Å². The predicted molar refractivity (Wildman–Crippen MR) is 137 cm³/mol. The van der Waals surface area contributed by atoms with Crippen LogP contribution in [0.5, 0.6) is 0 Å². The second-order valence-electron chi connectivity index (χ2n) is 10.9. The first-order valence-corrected chi connectivity index (χ1v) is 13.9. The highest BCUT2D eigenvalue weighted by Crippen LogP contribution is 2.37. The Morgan fingerprint density at radius 2 is 1.62 bits per heavy atom. The summed E-state index contributed by atoms with van der Waals surface area (Å²) in [6.45, 7) is 7.84. The van der Waals surface area contributed by atoms with E-state index >= 15 is 0 Å². The lowest BCUT2D eigenvalue weighted by molar-refractivity contribution is -0.137. The average Bonchev–Trinajstić information content (AvgIpc) is 3.40. The molecule has 0 amide bonds. The zero-order chi connectivity index (χ0) is 28.2. The molecule has 3 heterocycles. The summed E-state index contributed by atoms with van der Waals surface area (Å²) >= 11 is 0. The van der Waals surface area contributed by atoms with Crippen LogP contribution in [0.3, 0.4) is 0 Å². The lowest BCUT2D eigenvalue weighted by Gasteiger charge is -2.24. The molecule has 5 rings (SSSR count). The summed E-state index contributed by atoms with van der Waals surface area (Å²) in [4.78, 5) is 23.4. The molecule has 0 saturated carbocycles. The average molecular weight is 564 g/mol. The van der Waals surface area contributed by atoms with Gasteiger partial charge in [0.05, 0.1) is 26.6 Å². The molecule has 0 spiro atoms. The molecule has 2 unspecified atom stereocenters. The van der Waals surface area contributed by atoms with Gasteiger partial charge in [0.15, 0.2) is 0 Å². The number of nitrogens with zero attached hydrogens (tertiary/aromatic N) is 3. The summed E-state index contributed by atoms with van der Waals surface area (Å²) in [7, 11) is -4.22. The van der Waals surface area contributed by atoms with Gasteiger partial charge in [-0.25, -0.2) is 13.2 Å². The van der Waals surface area contributed by atoms with Crippen LogP contribution in [0.25, 0.3) is 10.9 Å². The first kappa shape index (κ1) is 27.2. The third kappa shape index (κ3) is 5.67. The molecule has 2 aliphatic rings. The number of benzene rings is 2. The quantitative estimate of drug-likeness (QED) is 0.394. The Kier molecular flexibility index (Phi) is 6.74. The Bertz CT molecular complexity index is 1510. The van der Waals surface area contributed by atoms with Gasteiger partial charge in [-0.15, -0.1) is 5.06 Å². The van der Waals surface area contributed by atoms with Crippen molar-refractivity contribution in [2.24, 2.45) is 11.8 Å². The van der Waals surface area contributed by atoms with Gasteiger partial charge in [-0.05, 0) is 62.9 Å². The fourth-order valence-corrected chi connectivity index (χ4v) is 6.38. The van der Waals surface area contributed by atoms with E-state index in [2.05, 4.69) is 9.88 Å². The van der Waals surface area contributed by atoms with Crippen LogP contribution < -0.4 is 4.90 Å². The molecule has 12 heteroatoms. The number of sulfone groups is 1. The van der Waals surface area contributed by atoms with E-state index in [-0.39, 0.29) is 16.7 Å². The molecule has 208 valence electrons. The Labute approximate surface area is 224 Å². The lowest BCUT2D eigenvalue weighted by atomic mass is 10.0. The van der Waals surface area contributed by atoms with Gasteiger partial charge in [-0.2, -0.15) is 13.2 Å². The zero-order valence-corrected chi connectivity index (χ0v) is 22.4. The minimum atomic E-state index is -4.66. The molecule has 2 saturated heterocycles. The van der Waals surface area contributed by atoms with Crippen molar-refractivity contribution in [1.82, 2.24) is 10.0 Å². The molecule has 2 atom stereocenters. The van der Waals surface area contributed by atoms with Crippen LogP contribution in [0.4, 0.5) is 23.7 Å². The highest BCUT2D eigenvalue weighted by atomic mass is 32.2. The van der Waals surface area contributed by atoms with Crippen LogP contribution in [-0.2, 0) is 25.6 Å². The third-order valence-electron chi connectivity index (χ3n) is 6.83. The zero-order valence-electron chi connectivity index (χ0n) is 21.6. The van der Waals surface area contributed by atoms with Crippen molar-refractivity contribution in [1.29, 1.82) is 0 Å². The van der Waals surface area contributed by atoms with Crippen LogP contribution in [-0.4, -0.2) is 56.4 Å². The summed E-state index contributed by atoms with van der Waals surface area (Å²) < 4.78 is 70.9. The van der Waals surface area contributed by atoms with E-state index in [1.165, 1.54) is 12.3 Å². The molecule has 3 aromatic rings. The van der Waals surface area contributed by atoms with Gasteiger partial charge in [-0.1, -0.05) is 18.2 Å². The number of fused-ring (bicyclic) bond motifs is 2. The second kappa shape index (κ2) is 9.67.